The molecule has 0 aliphatic heterocycles. The van der Waals surface area contributed by atoms with Gasteiger partial charge in [0.2, 0.25) is 0 Å². The maximum absolute atomic E-state index is 13.0. The van der Waals surface area contributed by atoms with Gasteiger partial charge in [-0.25, -0.2) is 0 Å². The Balaban J connectivity index is 1.83. The Hall–Kier alpha value is -3.40. The van der Waals surface area contributed by atoms with Gasteiger partial charge in [-0.2, -0.15) is 0 Å². The lowest BCUT2D eigenvalue weighted by molar-refractivity contribution is 0.0988. The van der Waals surface area contributed by atoms with Crippen LogP contribution in [0.25, 0.3) is 0 Å². The number of benzene rings is 3. The molecule has 3 aromatic rings. The standard InChI is InChI=1S/C23H22N2O2/c1-3-25(21-14-7-9-17(2)15-21)23(27)19-11-8-10-18(16-19)22(26)24-20-12-5-4-6-13-20/h4-16H,3H2,1-2H3,(H,24,26). The number of carbonyl (C=O) groups excluding carboxylic acids is 2. The molecule has 3 rings (SSSR count). The number of aryl methyl sites for hydroxylation is 1. The summed E-state index contributed by atoms with van der Waals surface area (Å²) in [6.07, 6.45) is 0. The van der Waals surface area contributed by atoms with Crippen molar-refractivity contribution in [2.75, 3.05) is 16.8 Å². The molecule has 1 N–H and O–H groups in total. The molecule has 0 spiro atoms. The van der Waals surface area contributed by atoms with Crippen molar-refractivity contribution in [2.24, 2.45) is 0 Å². The smallest absolute Gasteiger partial charge is 0.258 e. The van der Waals surface area contributed by atoms with Crippen molar-refractivity contribution in [1.29, 1.82) is 0 Å². The number of rotatable bonds is 5. The summed E-state index contributed by atoms with van der Waals surface area (Å²) in [6, 6.07) is 23.9. The largest absolute Gasteiger partial charge is 0.322 e. The van der Waals surface area contributed by atoms with Crippen molar-refractivity contribution in [3.63, 3.8) is 0 Å². The SMILES string of the molecule is CCN(C(=O)c1cccc(C(=O)Nc2ccccc2)c1)c1cccc(C)c1. The molecule has 27 heavy (non-hydrogen) atoms. The molecule has 4 heteroatoms. The first-order valence-electron chi connectivity index (χ1n) is 8.93. The predicted octanol–water partition coefficient (Wildman–Crippen LogP) is 4.91. The number of hydrogen-bond acceptors (Lipinski definition) is 2. The van der Waals surface area contributed by atoms with Crippen LogP contribution in [-0.2, 0) is 0 Å². The first kappa shape index (κ1) is 18.4. The second-order valence-corrected chi connectivity index (χ2v) is 6.29. The first-order chi connectivity index (χ1) is 13.1. The van der Waals surface area contributed by atoms with Crippen LogP contribution in [0.4, 0.5) is 11.4 Å². The quantitative estimate of drug-likeness (QED) is 0.704. The summed E-state index contributed by atoms with van der Waals surface area (Å²) >= 11 is 0. The number of hydrogen-bond donors (Lipinski definition) is 1. The van der Waals surface area contributed by atoms with E-state index in [2.05, 4.69) is 5.32 Å². The number of nitrogens with zero attached hydrogens (tertiary/aromatic N) is 1. The third kappa shape index (κ3) is 4.42. The van der Waals surface area contributed by atoms with Gasteiger partial charge in [-0.3, -0.25) is 9.59 Å². The third-order valence-corrected chi connectivity index (χ3v) is 4.28. The summed E-state index contributed by atoms with van der Waals surface area (Å²) in [5.41, 5.74) is 3.59. The Morgan fingerprint density at radius 1 is 0.852 bits per heavy atom. The third-order valence-electron chi connectivity index (χ3n) is 4.28. The molecule has 2 amide bonds. The fraction of sp³-hybridized carbons (Fsp3) is 0.130. The van der Waals surface area contributed by atoms with E-state index in [-0.39, 0.29) is 11.8 Å². The van der Waals surface area contributed by atoms with Gasteiger partial charge in [-0.1, -0.05) is 36.4 Å². The van der Waals surface area contributed by atoms with Gasteiger partial charge in [0.15, 0.2) is 0 Å². The minimum absolute atomic E-state index is 0.127. The molecule has 136 valence electrons. The molecule has 0 unspecified atom stereocenters. The number of carbonyl (C=O) groups is 2. The Kier molecular flexibility index (Phi) is 5.67. The highest BCUT2D eigenvalue weighted by atomic mass is 16.2. The van der Waals surface area contributed by atoms with Crippen molar-refractivity contribution in [1.82, 2.24) is 0 Å². The van der Waals surface area contributed by atoms with Gasteiger partial charge < -0.3 is 10.2 Å². The molecular weight excluding hydrogens is 336 g/mol. The zero-order valence-corrected chi connectivity index (χ0v) is 15.5. The average Bonchev–Trinajstić information content (AvgIpc) is 2.69. The number of amides is 2. The van der Waals surface area contributed by atoms with Crippen molar-refractivity contribution >= 4 is 23.2 Å². The summed E-state index contributed by atoms with van der Waals surface area (Å²) in [5, 5.41) is 2.84. The van der Waals surface area contributed by atoms with Crippen LogP contribution in [0.3, 0.4) is 0 Å². The lowest BCUT2D eigenvalue weighted by Gasteiger charge is -2.22. The molecule has 4 nitrogen and oxygen atoms in total. The monoisotopic (exact) mass is 358 g/mol. The van der Waals surface area contributed by atoms with Crippen LogP contribution in [0.2, 0.25) is 0 Å². The molecule has 0 heterocycles. The lowest BCUT2D eigenvalue weighted by Crippen LogP contribution is -2.30. The summed E-state index contributed by atoms with van der Waals surface area (Å²) < 4.78 is 0. The van der Waals surface area contributed by atoms with Crippen LogP contribution in [0.15, 0.2) is 78.9 Å². The fourth-order valence-corrected chi connectivity index (χ4v) is 2.91. The van der Waals surface area contributed by atoms with Crippen molar-refractivity contribution in [3.8, 4) is 0 Å². The Morgan fingerprint density at radius 2 is 1.56 bits per heavy atom. The zero-order chi connectivity index (χ0) is 19.2. The van der Waals surface area contributed by atoms with Gasteiger partial charge in [0.05, 0.1) is 0 Å². The molecule has 0 saturated carbocycles. The Labute approximate surface area is 159 Å². The Bertz CT molecular complexity index is 951. The maximum Gasteiger partial charge on any atom is 0.258 e. The first-order valence-corrected chi connectivity index (χ1v) is 8.93. The number of anilines is 2. The van der Waals surface area contributed by atoms with Gasteiger partial charge >= 0.3 is 0 Å². The summed E-state index contributed by atoms with van der Waals surface area (Å²) in [4.78, 5) is 27.2. The lowest BCUT2D eigenvalue weighted by atomic mass is 10.1. The van der Waals surface area contributed by atoms with E-state index in [9.17, 15) is 9.59 Å². The van der Waals surface area contributed by atoms with E-state index in [4.69, 9.17) is 0 Å². The highest BCUT2D eigenvalue weighted by molar-refractivity contribution is 6.09. The van der Waals surface area contributed by atoms with E-state index in [1.165, 1.54) is 0 Å². The molecule has 0 aromatic heterocycles. The van der Waals surface area contributed by atoms with Gasteiger partial charge in [0.1, 0.15) is 0 Å². The minimum atomic E-state index is -0.241. The number of para-hydroxylation sites is 1. The highest BCUT2D eigenvalue weighted by Crippen LogP contribution is 2.19. The van der Waals surface area contributed by atoms with Crippen molar-refractivity contribution in [3.05, 3.63) is 95.6 Å². The molecule has 0 saturated heterocycles. The van der Waals surface area contributed by atoms with E-state index in [0.717, 1.165) is 11.3 Å². The van der Waals surface area contributed by atoms with Gasteiger partial charge in [0.25, 0.3) is 11.8 Å². The predicted molar refractivity (Wildman–Crippen MR) is 109 cm³/mol. The molecule has 0 bridgehead atoms. The molecule has 0 aliphatic rings. The zero-order valence-electron chi connectivity index (χ0n) is 15.5. The Morgan fingerprint density at radius 3 is 2.26 bits per heavy atom. The van der Waals surface area contributed by atoms with Crippen LogP contribution in [-0.4, -0.2) is 18.4 Å². The van der Waals surface area contributed by atoms with Gasteiger partial charge in [-0.15, -0.1) is 0 Å². The van der Waals surface area contributed by atoms with Crippen LogP contribution in [0, 0.1) is 6.92 Å². The van der Waals surface area contributed by atoms with E-state index in [1.54, 1.807) is 29.2 Å². The molecule has 0 aliphatic carbocycles. The molecule has 0 radical (unpaired) electrons. The molecule has 0 atom stereocenters. The highest BCUT2D eigenvalue weighted by Gasteiger charge is 2.17. The number of nitrogens with one attached hydrogen (secondary N) is 1. The van der Waals surface area contributed by atoms with Crippen LogP contribution < -0.4 is 10.2 Å². The van der Waals surface area contributed by atoms with Crippen molar-refractivity contribution in [2.45, 2.75) is 13.8 Å². The molecular formula is C23H22N2O2. The summed E-state index contributed by atoms with van der Waals surface area (Å²) in [7, 11) is 0. The minimum Gasteiger partial charge on any atom is -0.322 e. The van der Waals surface area contributed by atoms with Gasteiger partial charge in [-0.05, 0) is 61.9 Å². The normalized spacial score (nSPS) is 10.3. The second-order valence-electron chi connectivity index (χ2n) is 6.29. The maximum atomic E-state index is 13.0. The summed E-state index contributed by atoms with van der Waals surface area (Å²) in [5.74, 6) is -0.369. The molecule has 0 fully saturated rings. The summed E-state index contributed by atoms with van der Waals surface area (Å²) in [6.45, 7) is 4.48. The van der Waals surface area contributed by atoms with Crippen LogP contribution >= 0.6 is 0 Å². The molecule has 3 aromatic carbocycles. The fourth-order valence-electron chi connectivity index (χ4n) is 2.91. The van der Waals surface area contributed by atoms with Crippen molar-refractivity contribution < 1.29 is 9.59 Å². The van der Waals surface area contributed by atoms with Crippen LogP contribution in [0.1, 0.15) is 33.2 Å². The van der Waals surface area contributed by atoms with E-state index in [0.29, 0.717) is 23.4 Å². The second kappa shape index (κ2) is 8.32. The topological polar surface area (TPSA) is 49.4 Å². The van der Waals surface area contributed by atoms with E-state index < -0.39 is 0 Å². The van der Waals surface area contributed by atoms with E-state index >= 15 is 0 Å². The van der Waals surface area contributed by atoms with Crippen LogP contribution in [0.5, 0.6) is 0 Å². The van der Waals surface area contributed by atoms with E-state index in [1.807, 2.05) is 68.4 Å². The van der Waals surface area contributed by atoms with Gasteiger partial charge in [0, 0.05) is 29.0 Å². The average molecular weight is 358 g/mol.